The van der Waals surface area contributed by atoms with Crippen LogP contribution in [0.5, 0.6) is 0 Å². The maximum atomic E-state index is 11.7. The summed E-state index contributed by atoms with van der Waals surface area (Å²) in [6.07, 6.45) is -2.98. The average Bonchev–Trinajstić information content (AvgIpc) is 3.22. The number of aliphatic hydroxyl groups excluding tert-OH is 2. The zero-order chi connectivity index (χ0) is 22.8. The van der Waals surface area contributed by atoms with Crippen molar-refractivity contribution in [1.29, 1.82) is 5.26 Å². The summed E-state index contributed by atoms with van der Waals surface area (Å²) in [6, 6.07) is 1.69. The number of imidazole rings is 1. The van der Waals surface area contributed by atoms with E-state index in [2.05, 4.69) is 35.6 Å². The van der Waals surface area contributed by atoms with Crippen molar-refractivity contribution < 1.29 is 42.7 Å². The number of nitrogens with two attached hydrogens (primary N) is 1. The minimum Gasteiger partial charge on any atom is -0.387 e. The molecule has 31 heavy (non-hydrogen) atoms. The van der Waals surface area contributed by atoms with E-state index in [0.29, 0.717) is 0 Å². The van der Waals surface area contributed by atoms with Crippen LogP contribution in [0.4, 0.5) is 5.82 Å². The van der Waals surface area contributed by atoms with Crippen LogP contribution in [0.15, 0.2) is 12.7 Å². The first kappa shape index (κ1) is 24.1. The van der Waals surface area contributed by atoms with E-state index in [0.717, 1.165) is 0 Å². The summed E-state index contributed by atoms with van der Waals surface area (Å²) >= 11 is 4.66. The maximum Gasteiger partial charge on any atom is 0.479 e. The number of nitrogen functional groups attached to an aromatic ring is 1. The normalized spacial score (nSPS) is 27.6. The fourth-order valence-corrected chi connectivity index (χ4v) is 5.72. The maximum absolute atomic E-state index is 11.7. The average molecular weight is 496 g/mol. The Morgan fingerprint density at radius 2 is 2.03 bits per heavy atom. The summed E-state index contributed by atoms with van der Waals surface area (Å²) in [5.41, 5.74) is 6.24. The Kier molecular flexibility index (Phi) is 7.36. The fourth-order valence-electron chi connectivity index (χ4n) is 2.70. The second-order valence-electron chi connectivity index (χ2n) is 6.19. The third-order valence-corrected chi connectivity index (χ3v) is 7.63. The first-order valence-corrected chi connectivity index (χ1v) is 12.6. The lowest BCUT2D eigenvalue weighted by Crippen LogP contribution is -2.33. The van der Waals surface area contributed by atoms with E-state index in [1.54, 1.807) is 6.07 Å². The van der Waals surface area contributed by atoms with Gasteiger partial charge >= 0.3 is 14.5 Å². The van der Waals surface area contributed by atoms with Gasteiger partial charge in [-0.05, 0) is 11.8 Å². The third-order valence-electron chi connectivity index (χ3n) is 4.08. The van der Waals surface area contributed by atoms with Gasteiger partial charge in [-0.3, -0.25) is 9.09 Å². The van der Waals surface area contributed by atoms with Gasteiger partial charge in [0.1, 0.15) is 30.2 Å². The number of phosphoric acid groups is 1. The highest BCUT2D eigenvalue weighted by Crippen LogP contribution is 2.60. The zero-order valence-electron chi connectivity index (χ0n) is 15.5. The van der Waals surface area contributed by atoms with Crippen LogP contribution in [0.1, 0.15) is 12.6 Å². The van der Waals surface area contributed by atoms with E-state index in [1.165, 1.54) is 17.2 Å². The number of fused-ring (bicyclic) bond motifs is 1. The molecule has 15 nitrogen and oxygen atoms in total. The lowest BCUT2D eigenvalue weighted by atomic mass is 10.1. The minimum absolute atomic E-state index is 0.111. The molecule has 2 aromatic rings. The van der Waals surface area contributed by atoms with Crippen LogP contribution in [0, 0.1) is 11.3 Å². The zero-order valence-corrected chi connectivity index (χ0v) is 18.1. The van der Waals surface area contributed by atoms with Crippen LogP contribution in [-0.2, 0) is 34.5 Å². The van der Waals surface area contributed by atoms with Gasteiger partial charge in [0.05, 0.1) is 32.0 Å². The van der Waals surface area contributed by atoms with Gasteiger partial charge in [0.25, 0.3) is 0 Å². The predicted molar refractivity (Wildman–Crippen MR) is 105 cm³/mol. The van der Waals surface area contributed by atoms with E-state index in [9.17, 15) is 24.6 Å². The summed E-state index contributed by atoms with van der Waals surface area (Å²) in [7, 11) is -4.79. The van der Waals surface area contributed by atoms with Gasteiger partial charge in [-0.25, -0.2) is 23.8 Å². The summed E-state index contributed by atoms with van der Waals surface area (Å²) in [5, 5.41) is 29.0. The molecule has 0 saturated carbocycles. The molecular formula is C13H18N6O9P2S. The Hall–Kier alpha value is -1.60. The molecule has 2 unspecified atom stereocenters. The molecule has 0 amide bonds. The topological polar surface area (TPSA) is 228 Å². The first-order chi connectivity index (χ1) is 14.5. The van der Waals surface area contributed by atoms with Gasteiger partial charge in [0.15, 0.2) is 17.7 Å². The lowest BCUT2D eigenvalue weighted by molar-refractivity contribution is -0.0487. The lowest BCUT2D eigenvalue weighted by Gasteiger charge is -2.21. The van der Waals surface area contributed by atoms with Crippen LogP contribution in [0.25, 0.3) is 11.2 Å². The Morgan fingerprint density at radius 1 is 1.29 bits per heavy atom. The highest BCUT2D eigenvalue weighted by Gasteiger charge is 2.45. The monoisotopic (exact) mass is 496 g/mol. The van der Waals surface area contributed by atoms with E-state index >= 15 is 0 Å². The molecule has 3 rings (SSSR count). The second-order valence-corrected chi connectivity index (χ2v) is 10.6. The number of ether oxygens (including phenoxy) is 1. The molecule has 0 bridgehead atoms. The summed E-state index contributed by atoms with van der Waals surface area (Å²) in [6.45, 7) is -5.32. The molecule has 1 saturated heterocycles. The fraction of sp³-hybridized carbons (Fsp3) is 0.538. The largest absolute Gasteiger partial charge is 0.479 e. The second kappa shape index (κ2) is 9.49. The number of phosphoric ester groups is 1. The van der Waals surface area contributed by atoms with Crippen molar-refractivity contribution in [2.75, 3.05) is 18.9 Å². The molecule has 0 aromatic carbocycles. The molecule has 1 aliphatic heterocycles. The number of nitriles is 1. The number of nitrogens with zero attached hydrogens (tertiary/aromatic N) is 5. The number of rotatable bonds is 9. The molecular weight excluding hydrogens is 478 g/mol. The highest BCUT2D eigenvalue weighted by atomic mass is 32.5. The predicted octanol–water partition coefficient (Wildman–Crippen LogP) is -0.692. The van der Waals surface area contributed by atoms with E-state index < -0.39 is 52.3 Å². The molecule has 1 aliphatic rings. The van der Waals surface area contributed by atoms with Gasteiger partial charge in [-0.1, -0.05) is 0 Å². The van der Waals surface area contributed by atoms with Crippen LogP contribution < -0.4 is 5.73 Å². The minimum atomic E-state index is -4.79. The van der Waals surface area contributed by atoms with Crippen molar-refractivity contribution >= 4 is 43.3 Å². The molecule has 170 valence electrons. The molecule has 0 radical (unpaired) electrons. The molecule has 1 fully saturated rings. The van der Waals surface area contributed by atoms with Crippen molar-refractivity contribution in [2.24, 2.45) is 0 Å². The molecule has 0 spiro atoms. The summed E-state index contributed by atoms with van der Waals surface area (Å²) in [4.78, 5) is 31.4. The third kappa shape index (κ3) is 5.61. The van der Waals surface area contributed by atoms with E-state index in [4.69, 9.17) is 20.3 Å². The summed E-state index contributed by atoms with van der Waals surface area (Å²) < 4.78 is 32.5. The standard InChI is InChI=1S/C13H18N6O9P2S/c14-2-1-3-25-29(22,23)28-30(24,31)26-4-7-9(20)10(21)13(27-7)19-6-18-8-11(15)16-5-17-12(8)19/h5-7,9-10,13,20-21H,1,3-4H2,(H,22,23)(H,24,31)(H2,15,16,17)/t7-,9-,10-,13-,30?/m1/s1. The van der Waals surface area contributed by atoms with Crippen LogP contribution in [-0.4, -0.2) is 71.0 Å². The number of hydrogen-bond donors (Lipinski definition) is 5. The molecule has 18 heteroatoms. The van der Waals surface area contributed by atoms with Crippen LogP contribution >= 0.6 is 14.5 Å². The highest BCUT2D eigenvalue weighted by molar-refractivity contribution is 8.08. The van der Waals surface area contributed by atoms with Gasteiger partial charge in [-0.2, -0.15) is 5.26 Å². The summed E-state index contributed by atoms with van der Waals surface area (Å²) in [5.74, 6) is 0.111. The van der Waals surface area contributed by atoms with Crippen molar-refractivity contribution in [2.45, 2.75) is 31.0 Å². The molecule has 3 heterocycles. The van der Waals surface area contributed by atoms with Crippen molar-refractivity contribution in [3.05, 3.63) is 12.7 Å². The van der Waals surface area contributed by atoms with Gasteiger partial charge < -0.3 is 35.0 Å². The van der Waals surface area contributed by atoms with Gasteiger partial charge in [0, 0.05) is 0 Å². The Balaban J connectivity index is 1.65. The SMILES string of the molecule is N#CCCOP(=O)(O)OP(O)(=S)OC[C@H]1O[C@@H](n2cnc3c(N)ncnc32)[C@H](O)[C@@H]1O. The quantitative estimate of drug-likeness (QED) is 0.214. The number of anilines is 1. The first-order valence-electron chi connectivity index (χ1n) is 8.52. The van der Waals surface area contributed by atoms with Crippen molar-refractivity contribution in [3.8, 4) is 6.07 Å². The number of aliphatic hydroxyl groups is 2. The van der Waals surface area contributed by atoms with Gasteiger partial charge in [-0.15, -0.1) is 0 Å². The molecule has 0 aliphatic carbocycles. The smallest absolute Gasteiger partial charge is 0.387 e. The van der Waals surface area contributed by atoms with Crippen molar-refractivity contribution in [1.82, 2.24) is 19.5 Å². The molecule has 2 aromatic heterocycles. The Labute approximate surface area is 179 Å². The Bertz CT molecular complexity index is 1080. The number of hydrogen-bond acceptors (Lipinski definition) is 13. The van der Waals surface area contributed by atoms with Gasteiger partial charge in [0.2, 0.25) is 0 Å². The number of aromatic nitrogens is 4. The molecule has 6 atom stereocenters. The van der Waals surface area contributed by atoms with Crippen LogP contribution in [0.3, 0.4) is 0 Å². The van der Waals surface area contributed by atoms with Crippen molar-refractivity contribution in [3.63, 3.8) is 0 Å². The Morgan fingerprint density at radius 3 is 2.74 bits per heavy atom. The van der Waals surface area contributed by atoms with Crippen LogP contribution in [0.2, 0.25) is 0 Å². The van der Waals surface area contributed by atoms with E-state index in [-0.39, 0.29) is 23.4 Å². The molecule has 6 N–H and O–H groups in total. The van der Waals surface area contributed by atoms with E-state index in [1.807, 2.05) is 0 Å².